The Morgan fingerprint density at radius 1 is 1.44 bits per heavy atom. The molecule has 1 aliphatic carbocycles. The van der Waals surface area contributed by atoms with E-state index in [9.17, 15) is 15.0 Å². The van der Waals surface area contributed by atoms with E-state index in [2.05, 4.69) is 0 Å². The molecule has 0 saturated heterocycles. The molecule has 1 unspecified atom stereocenters. The van der Waals surface area contributed by atoms with E-state index in [4.69, 9.17) is 0 Å². The maximum atomic E-state index is 11.2. The number of phenols is 1. The first kappa shape index (κ1) is 11.0. The fraction of sp³-hybridized carbons (Fsp3) is 0.462. The Balaban J connectivity index is 2.50. The number of rotatable bonds is 1. The molecular weight excluding hydrogens is 204 g/mol. The SMILES string of the molecule is CC1(C)c2ccc(O)cc2CCC1C(=O)O. The number of aliphatic carboxylic acids is 1. The van der Waals surface area contributed by atoms with Crippen LogP contribution in [0.1, 0.15) is 31.4 Å². The molecule has 0 heterocycles. The second-order valence-corrected chi connectivity index (χ2v) is 4.99. The van der Waals surface area contributed by atoms with Crippen molar-refractivity contribution in [3.8, 4) is 5.75 Å². The van der Waals surface area contributed by atoms with Crippen LogP contribution in [0, 0.1) is 5.92 Å². The second-order valence-electron chi connectivity index (χ2n) is 4.99. The highest BCUT2D eigenvalue weighted by molar-refractivity contribution is 5.73. The molecule has 1 aromatic rings. The van der Waals surface area contributed by atoms with Crippen molar-refractivity contribution in [1.82, 2.24) is 0 Å². The number of hydrogen-bond donors (Lipinski definition) is 2. The summed E-state index contributed by atoms with van der Waals surface area (Å²) >= 11 is 0. The van der Waals surface area contributed by atoms with Crippen LogP contribution in [-0.4, -0.2) is 16.2 Å². The van der Waals surface area contributed by atoms with Gasteiger partial charge in [0.2, 0.25) is 0 Å². The lowest BCUT2D eigenvalue weighted by Crippen LogP contribution is -2.38. The highest BCUT2D eigenvalue weighted by Gasteiger charge is 2.40. The van der Waals surface area contributed by atoms with E-state index in [0.717, 1.165) is 17.5 Å². The molecule has 0 amide bonds. The summed E-state index contributed by atoms with van der Waals surface area (Å²) in [7, 11) is 0. The third-order valence-electron chi connectivity index (χ3n) is 3.65. The third-order valence-corrected chi connectivity index (χ3v) is 3.65. The van der Waals surface area contributed by atoms with Crippen LogP contribution in [0.15, 0.2) is 18.2 Å². The number of hydrogen-bond acceptors (Lipinski definition) is 2. The molecular formula is C13H16O3. The molecule has 2 N–H and O–H groups in total. The standard InChI is InChI=1S/C13H16O3/c1-13(2)10-6-4-9(14)7-8(10)3-5-11(13)12(15)16/h4,6-7,11,14H,3,5H2,1-2H3,(H,15,16). The number of aryl methyl sites for hydroxylation is 1. The van der Waals surface area contributed by atoms with Gasteiger partial charge in [0.25, 0.3) is 0 Å². The molecule has 0 saturated carbocycles. The van der Waals surface area contributed by atoms with E-state index in [0.29, 0.717) is 6.42 Å². The van der Waals surface area contributed by atoms with Gasteiger partial charge in [-0.1, -0.05) is 19.9 Å². The van der Waals surface area contributed by atoms with Gasteiger partial charge in [0.1, 0.15) is 5.75 Å². The van der Waals surface area contributed by atoms with Gasteiger partial charge in [-0.25, -0.2) is 0 Å². The number of carbonyl (C=O) groups is 1. The quantitative estimate of drug-likeness (QED) is 0.763. The number of phenolic OH excluding ortho intramolecular Hbond substituents is 1. The molecule has 3 nitrogen and oxygen atoms in total. The molecule has 16 heavy (non-hydrogen) atoms. The van der Waals surface area contributed by atoms with E-state index in [-0.39, 0.29) is 17.1 Å². The summed E-state index contributed by atoms with van der Waals surface area (Å²) in [6, 6.07) is 5.22. The zero-order chi connectivity index (χ0) is 11.9. The van der Waals surface area contributed by atoms with Gasteiger partial charge in [0.05, 0.1) is 5.92 Å². The molecule has 2 rings (SSSR count). The second kappa shape index (κ2) is 3.51. The average molecular weight is 220 g/mol. The van der Waals surface area contributed by atoms with Crippen LogP contribution in [0.5, 0.6) is 5.75 Å². The molecule has 0 aliphatic heterocycles. The number of carboxylic acid groups (broad SMARTS) is 1. The van der Waals surface area contributed by atoms with Gasteiger partial charge in [-0.05, 0) is 36.1 Å². The lowest BCUT2D eigenvalue weighted by atomic mass is 9.65. The first-order valence-corrected chi connectivity index (χ1v) is 5.48. The zero-order valence-corrected chi connectivity index (χ0v) is 9.53. The van der Waals surface area contributed by atoms with Gasteiger partial charge < -0.3 is 10.2 Å². The predicted octanol–water partition coefficient (Wildman–Crippen LogP) is 2.32. The monoisotopic (exact) mass is 220 g/mol. The van der Waals surface area contributed by atoms with Crippen molar-refractivity contribution in [3.05, 3.63) is 29.3 Å². The minimum atomic E-state index is -0.733. The van der Waals surface area contributed by atoms with E-state index in [1.807, 2.05) is 19.9 Å². The summed E-state index contributed by atoms with van der Waals surface area (Å²) in [4.78, 5) is 11.2. The molecule has 1 atom stereocenters. The van der Waals surface area contributed by atoms with Crippen molar-refractivity contribution >= 4 is 5.97 Å². The first-order chi connectivity index (χ1) is 7.43. The van der Waals surface area contributed by atoms with Gasteiger partial charge >= 0.3 is 5.97 Å². The number of aromatic hydroxyl groups is 1. The van der Waals surface area contributed by atoms with Crippen LogP contribution in [0.3, 0.4) is 0 Å². The largest absolute Gasteiger partial charge is 0.508 e. The summed E-state index contributed by atoms with van der Waals surface area (Å²) in [5.41, 5.74) is 1.75. The lowest BCUT2D eigenvalue weighted by molar-refractivity contribution is -0.144. The fourth-order valence-electron chi connectivity index (χ4n) is 2.70. The molecule has 3 heteroatoms. The van der Waals surface area contributed by atoms with Gasteiger partial charge in [-0.3, -0.25) is 4.79 Å². The molecule has 0 fully saturated rings. The first-order valence-electron chi connectivity index (χ1n) is 5.48. The van der Waals surface area contributed by atoms with Gasteiger partial charge in [-0.2, -0.15) is 0 Å². The Morgan fingerprint density at radius 2 is 2.12 bits per heavy atom. The average Bonchev–Trinajstić information content (AvgIpc) is 2.15. The van der Waals surface area contributed by atoms with Crippen LogP contribution in [0.4, 0.5) is 0 Å². The number of benzene rings is 1. The van der Waals surface area contributed by atoms with Crippen LogP contribution < -0.4 is 0 Å². The van der Waals surface area contributed by atoms with Gasteiger partial charge in [0.15, 0.2) is 0 Å². The Morgan fingerprint density at radius 3 is 2.75 bits per heavy atom. The van der Waals surface area contributed by atoms with Crippen molar-refractivity contribution in [2.24, 2.45) is 5.92 Å². The van der Waals surface area contributed by atoms with E-state index < -0.39 is 5.97 Å². The smallest absolute Gasteiger partial charge is 0.307 e. The normalized spacial score (nSPS) is 22.5. The lowest BCUT2D eigenvalue weighted by Gasteiger charge is -2.38. The minimum Gasteiger partial charge on any atom is -0.508 e. The maximum Gasteiger partial charge on any atom is 0.307 e. The van der Waals surface area contributed by atoms with Gasteiger partial charge in [0, 0.05) is 5.41 Å². The summed E-state index contributed by atoms with van der Waals surface area (Å²) < 4.78 is 0. The van der Waals surface area contributed by atoms with Crippen molar-refractivity contribution in [2.75, 3.05) is 0 Å². The zero-order valence-electron chi connectivity index (χ0n) is 9.53. The molecule has 1 aromatic carbocycles. The number of fused-ring (bicyclic) bond motifs is 1. The Hall–Kier alpha value is -1.51. The van der Waals surface area contributed by atoms with Crippen LogP contribution >= 0.6 is 0 Å². The summed E-state index contributed by atoms with van der Waals surface area (Å²) in [6.45, 7) is 3.92. The molecule has 1 aliphatic rings. The number of carboxylic acids is 1. The summed E-state index contributed by atoms with van der Waals surface area (Å²) in [5, 5.41) is 18.6. The summed E-state index contributed by atoms with van der Waals surface area (Å²) in [5.74, 6) is -0.823. The molecule has 0 aromatic heterocycles. The predicted molar refractivity (Wildman–Crippen MR) is 60.6 cm³/mol. The van der Waals surface area contributed by atoms with Crippen LogP contribution in [-0.2, 0) is 16.6 Å². The van der Waals surface area contributed by atoms with Gasteiger partial charge in [-0.15, -0.1) is 0 Å². The van der Waals surface area contributed by atoms with E-state index >= 15 is 0 Å². The molecule has 0 bridgehead atoms. The molecule has 0 spiro atoms. The third kappa shape index (κ3) is 1.56. The van der Waals surface area contributed by atoms with E-state index in [1.54, 1.807) is 12.1 Å². The topological polar surface area (TPSA) is 57.5 Å². The Kier molecular flexibility index (Phi) is 2.41. The van der Waals surface area contributed by atoms with E-state index in [1.165, 1.54) is 0 Å². The molecule has 0 radical (unpaired) electrons. The van der Waals surface area contributed by atoms with Crippen molar-refractivity contribution in [1.29, 1.82) is 0 Å². The Bertz CT molecular complexity index is 435. The van der Waals surface area contributed by atoms with Crippen molar-refractivity contribution in [3.63, 3.8) is 0 Å². The van der Waals surface area contributed by atoms with Crippen LogP contribution in [0.2, 0.25) is 0 Å². The summed E-state index contributed by atoms with van der Waals surface area (Å²) in [6.07, 6.45) is 1.36. The Labute approximate surface area is 94.7 Å². The van der Waals surface area contributed by atoms with Crippen LogP contribution in [0.25, 0.3) is 0 Å². The minimum absolute atomic E-state index is 0.253. The fourth-order valence-corrected chi connectivity index (χ4v) is 2.70. The van der Waals surface area contributed by atoms with Crippen molar-refractivity contribution in [2.45, 2.75) is 32.1 Å². The highest BCUT2D eigenvalue weighted by Crippen LogP contribution is 2.42. The maximum absolute atomic E-state index is 11.2. The van der Waals surface area contributed by atoms with Crippen molar-refractivity contribution < 1.29 is 15.0 Å². The molecule has 86 valence electrons. The highest BCUT2D eigenvalue weighted by atomic mass is 16.4.